The van der Waals surface area contributed by atoms with Gasteiger partial charge in [0.15, 0.2) is 0 Å². The average molecular weight is 182 g/mol. The number of aromatic nitrogens is 2. The number of hydrogen-bond donors (Lipinski definition) is 1. The molecule has 13 heavy (non-hydrogen) atoms. The van der Waals surface area contributed by atoms with Crippen LogP contribution in [0.25, 0.3) is 0 Å². The fourth-order valence-electron chi connectivity index (χ4n) is 1.61. The van der Waals surface area contributed by atoms with Gasteiger partial charge in [0, 0.05) is 25.0 Å². The van der Waals surface area contributed by atoms with Crippen molar-refractivity contribution in [1.29, 1.82) is 0 Å². The highest BCUT2D eigenvalue weighted by molar-refractivity contribution is 5.02. The molecule has 0 saturated carbocycles. The van der Waals surface area contributed by atoms with Crippen LogP contribution in [-0.2, 0) is 11.3 Å². The molecule has 1 aliphatic rings. The van der Waals surface area contributed by atoms with E-state index in [-0.39, 0.29) is 6.61 Å². The van der Waals surface area contributed by atoms with Crippen LogP contribution in [0.2, 0.25) is 0 Å². The molecule has 0 unspecified atom stereocenters. The van der Waals surface area contributed by atoms with Gasteiger partial charge in [0.05, 0.1) is 18.8 Å². The van der Waals surface area contributed by atoms with Gasteiger partial charge in [0.2, 0.25) is 0 Å². The topological polar surface area (TPSA) is 47.3 Å². The van der Waals surface area contributed by atoms with Gasteiger partial charge in [-0.3, -0.25) is 4.68 Å². The Morgan fingerprint density at radius 2 is 2.31 bits per heavy atom. The van der Waals surface area contributed by atoms with E-state index in [0.717, 1.165) is 31.6 Å². The highest BCUT2D eigenvalue weighted by atomic mass is 16.5. The molecule has 0 radical (unpaired) electrons. The Balaban J connectivity index is 2.05. The van der Waals surface area contributed by atoms with E-state index in [1.54, 1.807) is 6.20 Å². The summed E-state index contributed by atoms with van der Waals surface area (Å²) < 4.78 is 7.20. The molecule has 1 N–H and O–H groups in total. The maximum atomic E-state index is 8.87. The van der Waals surface area contributed by atoms with E-state index in [0.29, 0.717) is 6.04 Å². The Morgan fingerprint density at radius 3 is 2.92 bits per heavy atom. The lowest BCUT2D eigenvalue weighted by Crippen LogP contribution is -2.19. The number of rotatable bonds is 2. The maximum Gasteiger partial charge on any atom is 0.0712 e. The molecule has 0 atom stereocenters. The third-order valence-electron chi connectivity index (χ3n) is 2.40. The van der Waals surface area contributed by atoms with E-state index in [9.17, 15) is 0 Å². The van der Waals surface area contributed by atoms with Crippen molar-refractivity contribution in [3.8, 4) is 0 Å². The molecule has 2 heterocycles. The van der Waals surface area contributed by atoms with Crippen LogP contribution in [0.1, 0.15) is 24.4 Å². The molecule has 1 aromatic heterocycles. The van der Waals surface area contributed by atoms with Gasteiger partial charge < -0.3 is 9.84 Å². The van der Waals surface area contributed by atoms with E-state index in [1.807, 2.05) is 10.9 Å². The van der Waals surface area contributed by atoms with Gasteiger partial charge in [-0.2, -0.15) is 5.10 Å². The third-order valence-corrected chi connectivity index (χ3v) is 2.40. The first kappa shape index (κ1) is 8.72. The van der Waals surface area contributed by atoms with Crippen LogP contribution in [0.5, 0.6) is 0 Å². The zero-order chi connectivity index (χ0) is 9.10. The molecule has 1 fully saturated rings. The number of aliphatic hydroxyl groups excluding tert-OH is 1. The van der Waals surface area contributed by atoms with E-state index in [2.05, 4.69) is 5.10 Å². The molecular formula is C9H14N2O2. The van der Waals surface area contributed by atoms with E-state index in [1.165, 1.54) is 0 Å². The Hall–Kier alpha value is -0.870. The van der Waals surface area contributed by atoms with Crippen LogP contribution < -0.4 is 0 Å². The molecule has 4 heteroatoms. The third kappa shape index (κ3) is 1.89. The van der Waals surface area contributed by atoms with Crippen LogP contribution in [0.3, 0.4) is 0 Å². The Bertz CT molecular complexity index is 266. The minimum atomic E-state index is 0.0726. The molecule has 0 amide bonds. The lowest BCUT2D eigenvalue weighted by Gasteiger charge is -2.22. The summed E-state index contributed by atoms with van der Waals surface area (Å²) in [4.78, 5) is 0. The lowest BCUT2D eigenvalue weighted by atomic mass is 10.1. The molecule has 0 bridgehead atoms. The van der Waals surface area contributed by atoms with Crippen molar-refractivity contribution >= 4 is 0 Å². The van der Waals surface area contributed by atoms with E-state index >= 15 is 0 Å². The van der Waals surface area contributed by atoms with Gasteiger partial charge in [-0.1, -0.05) is 0 Å². The zero-order valence-electron chi connectivity index (χ0n) is 7.52. The van der Waals surface area contributed by atoms with Crippen LogP contribution in [0.15, 0.2) is 12.4 Å². The molecule has 1 saturated heterocycles. The predicted octanol–water partition coefficient (Wildman–Crippen LogP) is 0.727. The van der Waals surface area contributed by atoms with Crippen molar-refractivity contribution in [3.05, 3.63) is 18.0 Å². The van der Waals surface area contributed by atoms with Crippen LogP contribution >= 0.6 is 0 Å². The quantitative estimate of drug-likeness (QED) is 0.733. The zero-order valence-corrected chi connectivity index (χ0v) is 7.52. The van der Waals surface area contributed by atoms with Crippen molar-refractivity contribution in [1.82, 2.24) is 9.78 Å². The second kappa shape index (κ2) is 3.89. The maximum absolute atomic E-state index is 8.87. The fourth-order valence-corrected chi connectivity index (χ4v) is 1.61. The first-order valence-electron chi connectivity index (χ1n) is 4.62. The van der Waals surface area contributed by atoms with Gasteiger partial charge in [-0.05, 0) is 12.8 Å². The smallest absolute Gasteiger partial charge is 0.0712 e. The summed E-state index contributed by atoms with van der Waals surface area (Å²) >= 11 is 0. The average Bonchev–Trinajstić information content (AvgIpc) is 2.67. The molecule has 0 spiro atoms. The summed E-state index contributed by atoms with van der Waals surface area (Å²) in [5.41, 5.74) is 0.881. The molecule has 0 aromatic carbocycles. The Labute approximate surface area is 77.1 Å². The number of nitrogens with zero attached hydrogens (tertiary/aromatic N) is 2. The van der Waals surface area contributed by atoms with Gasteiger partial charge in [0.25, 0.3) is 0 Å². The molecule has 1 aromatic rings. The first-order chi connectivity index (χ1) is 6.40. The second-order valence-electron chi connectivity index (χ2n) is 3.33. The second-order valence-corrected chi connectivity index (χ2v) is 3.33. The SMILES string of the molecule is OCc1cnn(C2CCOCC2)c1. The first-order valence-corrected chi connectivity index (χ1v) is 4.62. The van der Waals surface area contributed by atoms with E-state index in [4.69, 9.17) is 9.84 Å². The van der Waals surface area contributed by atoms with Crippen molar-refractivity contribution in [2.45, 2.75) is 25.5 Å². The number of aliphatic hydroxyl groups is 1. The normalized spacial score (nSPS) is 19.2. The van der Waals surface area contributed by atoms with Crippen molar-refractivity contribution in [2.24, 2.45) is 0 Å². The molecule has 1 aliphatic heterocycles. The van der Waals surface area contributed by atoms with Crippen LogP contribution in [-0.4, -0.2) is 28.1 Å². The van der Waals surface area contributed by atoms with Crippen LogP contribution in [0, 0.1) is 0 Å². The fraction of sp³-hybridized carbons (Fsp3) is 0.667. The van der Waals surface area contributed by atoms with Gasteiger partial charge in [-0.15, -0.1) is 0 Å². The monoisotopic (exact) mass is 182 g/mol. The Kier molecular flexibility index (Phi) is 2.61. The number of hydrogen-bond acceptors (Lipinski definition) is 3. The summed E-state index contributed by atoms with van der Waals surface area (Å²) in [6.45, 7) is 1.71. The van der Waals surface area contributed by atoms with Crippen molar-refractivity contribution in [2.75, 3.05) is 13.2 Å². The highest BCUT2D eigenvalue weighted by Gasteiger charge is 2.15. The van der Waals surface area contributed by atoms with E-state index < -0.39 is 0 Å². The van der Waals surface area contributed by atoms with Gasteiger partial charge in [-0.25, -0.2) is 0 Å². The highest BCUT2D eigenvalue weighted by Crippen LogP contribution is 2.19. The van der Waals surface area contributed by atoms with Gasteiger partial charge in [0.1, 0.15) is 0 Å². The molecule has 4 nitrogen and oxygen atoms in total. The van der Waals surface area contributed by atoms with Crippen molar-refractivity contribution in [3.63, 3.8) is 0 Å². The standard InChI is InChI=1S/C9H14N2O2/c12-7-8-5-10-11(6-8)9-1-3-13-4-2-9/h5-6,9,12H,1-4,7H2. The summed E-state index contributed by atoms with van der Waals surface area (Å²) in [7, 11) is 0. The molecule has 0 aliphatic carbocycles. The Morgan fingerprint density at radius 1 is 1.54 bits per heavy atom. The number of ether oxygens (including phenoxy) is 1. The van der Waals surface area contributed by atoms with Crippen molar-refractivity contribution < 1.29 is 9.84 Å². The minimum Gasteiger partial charge on any atom is -0.392 e. The molecule has 2 rings (SSSR count). The molecular weight excluding hydrogens is 168 g/mol. The lowest BCUT2D eigenvalue weighted by molar-refractivity contribution is 0.0662. The van der Waals surface area contributed by atoms with Gasteiger partial charge >= 0.3 is 0 Å². The summed E-state index contributed by atoms with van der Waals surface area (Å²) in [5, 5.41) is 13.1. The largest absolute Gasteiger partial charge is 0.392 e. The predicted molar refractivity (Wildman–Crippen MR) is 47.2 cm³/mol. The molecule has 72 valence electrons. The summed E-state index contributed by atoms with van der Waals surface area (Å²) in [6, 6.07) is 0.453. The van der Waals surface area contributed by atoms with Crippen LogP contribution in [0.4, 0.5) is 0 Å². The summed E-state index contributed by atoms with van der Waals surface area (Å²) in [5.74, 6) is 0. The summed E-state index contributed by atoms with van der Waals surface area (Å²) in [6.07, 6.45) is 5.67. The minimum absolute atomic E-state index is 0.0726.